The molecule has 0 radical (unpaired) electrons. The minimum atomic E-state index is -3.53. The molecule has 100 valence electrons. The first-order chi connectivity index (χ1) is 9.12. The highest BCUT2D eigenvalue weighted by molar-refractivity contribution is 7.92. The molecule has 0 amide bonds. The van der Waals surface area contributed by atoms with E-state index >= 15 is 0 Å². The van der Waals surface area contributed by atoms with Gasteiger partial charge in [0.25, 0.3) is 10.0 Å². The first-order valence-electron chi connectivity index (χ1n) is 5.92. The van der Waals surface area contributed by atoms with Gasteiger partial charge in [-0.3, -0.25) is 4.72 Å². The van der Waals surface area contributed by atoms with Crippen molar-refractivity contribution < 1.29 is 13.2 Å². The molecule has 0 saturated carbocycles. The maximum Gasteiger partial charge on any atom is 0.261 e. The SMILES string of the molecule is CCOc1ccc(NS(=O)(=O)c2ccccc2)cc1. The van der Waals surface area contributed by atoms with Crippen LogP contribution in [0.25, 0.3) is 0 Å². The van der Waals surface area contributed by atoms with Gasteiger partial charge in [0.15, 0.2) is 0 Å². The summed E-state index contributed by atoms with van der Waals surface area (Å²) in [6.07, 6.45) is 0. The van der Waals surface area contributed by atoms with E-state index < -0.39 is 10.0 Å². The minimum absolute atomic E-state index is 0.240. The second-order valence-corrected chi connectivity index (χ2v) is 5.56. The summed E-state index contributed by atoms with van der Waals surface area (Å²) >= 11 is 0. The third-order valence-corrected chi connectivity index (χ3v) is 3.87. The maximum absolute atomic E-state index is 12.1. The predicted molar refractivity (Wildman–Crippen MR) is 74.9 cm³/mol. The average Bonchev–Trinajstić information content (AvgIpc) is 2.42. The Morgan fingerprint density at radius 3 is 2.21 bits per heavy atom. The van der Waals surface area contributed by atoms with Crippen molar-refractivity contribution in [3.05, 3.63) is 54.6 Å². The van der Waals surface area contributed by atoms with Crippen molar-refractivity contribution in [2.75, 3.05) is 11.3 Å². The molecule has 0 heterocycles. The third-order valence-electron chi connectivity index (χ3n) is 2.47. The van der Waals surface area contributed by atoms with Gasteiger partial charge in [0, 0.05) is 5.69 Å². The van der Waals surface area contributed by atoms with Gasteiger partial charge in [-0.15, -0.1) is 0 Å². The van der Waals surface area contributed by atoms with Crippen LogP contribution in [0.2, 0.25) is 0 Å². The van der Waals surface area contributed by atoms with E-state index in [-0.39, 0.29) is 4.90 Å². The number of nitrogens with one attached hydrogen (secondary N) is 1. The summed E-state index contributed by atoms with van der Waals surface area (Å²) in [5, 5.41) is 0. The Balaban J connectivity index is 2.17. The lowest BCUT2D eigenvalue weighted by molar-refractivity contribution is 0.340. The zero-order chi connectivity index (χ0) is 13.7. The monoisotopic (exact) mass is 277 g/mol. The summed E-state index contributed by atoms with van der Waals surface area (Å²) in [5.41, 5.74) is 0.507. The fraction of sp³-hybridized carbons (Fsp3) is 0.143. The van der Waals surface area contributed by atoms with Crippen molar-refractivity contribution in [2.24, 2.45) is 0 Å². The molecule has 4 nitrogen and oxygen atoms in total. The van der Waals surface area contributed by atoms with Crippen LogP contribution in [-0.4, -0.2) is 15.0 Å². The molecular formula is C14H15NO3S. The van der Waals surface area contributed by atoms with Gasteiger partial charge in [0.2, 0.25) is 0 Å². The van der Waals surface area contributed by atoms with Gasteiger partial charge in [0.05, 0.1) is 11.5 Å². The molecule has 2 rings (SSSR count). The van der Waals surface area contributed by atoms with Gasteiger partial charge in [-0.1, -0.05) is 18.2 Å². The lowest BCUT2D eigenvalue weighted by Crippen LogP contribution is -2.12. The van der Waals surface area contributed by atoms with E-state index in [0.717, 1.165) is 0 Å². The van der Waals surface area contributed by atoms with Crippen LogP contribution in [0.4, 0.5) is 5.69 Å². The second-order valence-electron chi connectivity index (χ2n) is 3.88. The van der Waals surface area contributed by atoms with Crippen LogP contribution in [0, 0.1) is 0 Å². The first-order valence-corrected chi connectivity index (χ1v) is 7.41. The molecule has 0 fully saturated rings. The Bertz CT molecular complexity index is 622. The van der Waals surface area contributed by atoms with Crippen molar-refractivity contribution in [1.29, 1.82) is 0 Å². The minimum Gasteiger partial charge on any atom is -0.494 e. The normalized spacial score (nSPS) is 11.0. The summed E-state index contributed by atoms with van der Waals surface area (Å²) in [7, 11) is -3.53. The lowest BCUT2D eigenvalue weighted by atomic mass is 10.3. The average molecular weight is 277 g/mol. The highest BCUT2D eigenvalue weighted by atomic mass is 32.2. The third kappa shape index (κ3) is 3.48. The van der Waals surface area contributed by atoms with Crippen LogP contribution in [0.15, 0.2) is 59.5 Å². The largest absolute Gasteiger partial charge is 0.494 e. The molecule has 0 saturated heterocycles. The van der Waals surface area contributed by atoms with Gasteiger partial charge in [-0.2, -0.15) is 0 Å². The molecule has 0 aliphatic carbocycles. The standard InChI is InChI=1S/C14H15NO3S/c1-2-18-13-10-8-12(9-11-13)15-19(16,17)14-6-4-3-5-7-14/h3-11,15H,2H2,1H3. The Labute approximate surface area is 113 Å². The zero-order valence-corrected chi connectivity index (χ0v) is 11.4. The number of ether oxygens (including phenoxy) is 1. The number of sulfonamides is 1. The second kappa shape index (κ2) is 5.75. The van der Waals surface area contributed by atoms with Crippen LogP contribution < -0.4 is 9.46 Å². The molecule has 19 heavy (non-hydrogen) atoms. The zero-order valence-electron chi connectivity index (χ0n) is 10.5. The molecule has 1 N–H and O–H groups in total. The number of hydrogen-bond donors (Lipinski definition) is 1. The van der Waals surface area contributed by atoms with Crippen molar-refractivity contribution in [2.45, 2.75) is 11.8 Å². The van der Waals surface area contributed by atoms with Gasteiger partial charge >= 0.3 is 0 Å². The summed E-state index contributed by atoms with van der Waals surface area (Å²) in [6.45, 7) is 2.47. The van der Waals surface area contributed by atoms with Crippen molar-refractivity contribution in [3.8, 4) is 5.75 Å². The Kier molecular flexibility index (Phi) is 4.06. The van der Waals surface area contributed by atoms with E-state index in [0.29, 0.717) is 18.0 Å². The number of benzene rings is 2. The smallest absolute Gasteiger partial charge is 0.261 e. The van der Waals surface area contributed by atoms with E-state index in [1.807, 2.05) is 6.92 Å². The van der Waals surface area contributed by atoms with Gasteiger partial charge < -0.3 is 4.74 Å². The van der Waals surface area contributed by atoms with E-state index in [1.54, 1.807) is 54.6 Å². The Morgan fingerprint density at radius 2 is 1.63 bits per heavy atom. The highest BCUT2D eigenvalue weighted by Gasteiger charge is 2.12. The Hall–Kier alpha value is -2.01. The highest BCUT2D eigenvalue weighted by Crippen LogP contribution is 2.19. The number of hydrogen-bond acceptors (Lipinski definition) is 3. The first kappa shape index (κ1) is 13.4. The van der Waals surface area contributed by atoms with E-state index in [2.05, 4.69) is 4.72 Å². The summed E-state index contributed by atoms with van der Waals surface area (Å²) in [6, 6.07) is 15.1. The lowest BCUT2D eigenvalue weighted by Gasteiger charge is -2.09. The van der Waals surface area contributed by atoms with E-state index in [9.17, 15) is 8.42 Å². The molecule has 0 bridgehead atoms. The van der Waals surface area contributed by atoms with Crippen LogP contribution in [-0.2, 0) is 10.0 Å². The predicted octanol–water partition coefficient (Wildman–Crippen LogP) is 2.89. The molecule has 2 aromatic rings. The number of anilines is 1. The van der Waals surface area contributed by atoms with E-state index in [1.165, 1.54) is 0 Å². The topological polar surface area (TPSA) is 55.4 Å². The molecule has 0 unspecified atom stereocenters. The fourth-order valence-corrected chi connectivity index (χ4v) is 2.68. The molecule has 2 aromatic carbocycles. The van der Waals surface area contributed by atoms with Crippen molar-refractivity contribution >= 4 is 15.7 Å². The summed E-state index contributed by atoms with van der Waals surface area (Å²) < 4.78 is 32.0. The molecule has 0 aliphatic heterocycles. The van der Waals surface area contributed by atoms with Crippen LogP contribution in [0.1, 0.15) is 6.92 Å². The van der Waals surface area contributed by atoms with Crippen LogP contribution >= 0.6 is 0 Å². The molecule has 5 heteroatoms. The summed E-state index contributed by atoms with van der Waals surface area (Å²) in [5.74, 6) is 0.713. The fourth-order valence-electron chi connectivity index (χ4n) is 1.60. The maximum atomic E-state index is 12.1. The van der Waals surface area contributed by atoms with E-state index in [4.69, 9.17) is 4.74 Å². The molecule has 0 aliphatic rings. The quantitative estimate of drug-likeness (QED) is 0.914. The van der Waals surface area contributed by atoms with Crippen LogP contribution in [0.3, 0.4) is 0 Å². The molecular weight excluding hydrogens is 262 g/mol. The van der Waals surface area contributed by atoms with Crippen molar-refractivity contribution in [1.82, 2.24) is 0 Å². The molecule has 0 aromatic heterocycles. The van der Waals surface area contributed by atoms with Gasteiger partial charge in [-0.25, -0.2) is 8.42 Å². The summed E-state index contributed by atoms with van der Waals surface area (Å²) in [4.78, 5) is 0.240. The van der Waals surface area contributed by atoms with Gasteiger partial charge in [0.1, 0.15) is 5.75 Å². The molecule has 0 atom stereocenters. The van der Waals surface area contributed by atoms with Gasteiger partial charge in [-0.05, 0) is 43.3 Å². The Morgan fingerprint density at radius 1 is 1.00 bits per heavy atom. The van der Waals surface area contributed by atoms with Crippen molar-refractivity contribution in [3.63, 3.8) is 0 Å². The number of rotatable bonds is 5. The van der Waals surface area contributed by atoms with Crippen LogP contribution in [0.5, 0.6) is 5.75 Å². The molecule has 0 spiro atoms.